The van der Waals surface area contributed by atoms with E-state index in [-0.39, 0.29) is 30.0 Å². The van der Waals surface area contributed by atoms with Gasteiger partial charge >= 0.3 is 5.97 Å². The molecule has 7 nitrogen and oxygen atoms in total. The molecule has 2 aromatic carbocycles. The lowest BCUT2D eigenvalue weighted by Crippen LogP contribution is -2.33. The summed E-state index contributed by atoms with van der Waals surface area (Å²) in [4.78, 5) is 16.2. The lowest BCUT2D eigenvalue weighted by atomic mass is 10.0. The average Bonchev–Trinajstić information content (AvgIpc) is 3.85. The number of aliphatic hydroxyl groups is 2. The molecule has 4 rings (SSSR count). The Hall–Kier alpha value is -2.76. The van der Waals surface area contributed by atoms with Crippen LogP contribution in [0.25, 0.3) is 0 Å². The summed E-state index contributed by atoms with van der Waals surface area (Å²) < 4.78 is 5.07. The second-order valence-corrected chi connectivity index (χ2v) is 11.2. The highest BCUT2D eigenvalue weighted by molar-refractivity contribution is 5.70. The third-order valence-electron chi connectivity index (χ3n) is 7.64. The van der Waals surface area contributed by atoms with Crippen molar-refractivity contribution in [3.8, 4) is 6.07 Å². The number of nitrogens with zero attached hydrogens (tertiary/aromatic N) is 3. The van der Waals surface area contributed by atoms with Crippen molar-refractivity contribution in [3.63, 3.8) is 0 Å². The van der Waals surface area contributed by atoms with E-state index in [1.165, 1.54) is 11.1 Å². The van der Waals surface area contributed by atoms with Crippen LogP contribution in [-0.2, 0) is 22.6 Å². The van der Waals surface area contributed by atoms with Gasteiger partial charge in [0.25, 0.3) is 0 Å². The van der Waals surface area contributed by atoms with Crippen LogP contribution in [0.5, 0.6) is 0 Å². The van der Waals surface area contributed by atoms with Crippen LogP contribution in [0, 0.1) is 22.2 Å². The highest BCUT2D eigenvalue weighted by Gasteiger charge is 2.46. The van der Waals surface area contributed by atoms with Gasteiger partial charge < -0.3 is 14.9 Å². The third-order valence-corrected chi connectivity index (χ3v) is 7.64. The standard InChI is InChI=1S/C17H25NO3.C15H20N2O/c1-2-21-16(20)12-17(8-9-17)14-18(10-11-19)13-15-6-4-3-5-7-15;16-9-8-15(6-7-15)13-17(10-11-18)12-14-4-2-1-3-5-14/h3-7,19H,2,8-14H2,1H3;1-5,18H,6-8,10-13H2. The second-order valence-electron chi connectivity index (χ2n) is 11.2. The molecule has 0 spiro atoms. The fourth-order valence-electron chi connectivity index (χ4n) is 5.16. The molecular weight excluding hydrogens is 490 g/mol. The van der Waals surface area contributed by atoms with Crippen LogP contribution in [0.2, 0.25) is 0 Å². The lowest BCUT2D eigenvalue weighted by molar-refractivity contribution is -0.144. The van der Waals surface area contributed by atoms with Gasteiger partial charge in [-0.2, -0.15) is 5.26 Å². The number of benzene rings is 2. The van der Waals surface area contributed by atoms with Crippen LogP contribution in [0.1, 0.15) is 56.6 Å². The SMILES string of the molecule is CCOC(=O)CC1(CN(CCO)Cc2ccccc2)CC1.N#CCC1(CN(CCO)Cc2ccccc2)CC1. The molecule has 39 heavy (non-hydrogen) atoms. The van der Waals surface area contributed by atoms with Crippen LogP contribution < -0.4 is 0 Å². The molecule has 0 aliphatic heterocycles. The molecule has 2 aliphatic rings. The Bertz CT molecular complexity index is 1020. The Kier molecular flexibility index (Phi) is 12.4. The van der Waals surface area contributed by atoms with E-state index in [1.54, 1.807) is 0 Å². The summed E-state index contributed by atoms with van der Waals surface area (Å²) in [6, 6.07) is 22.8. The van der Waals surface area contributed by atoms with Gasteiger partial charge in [-0.05, 0) is 54.6 Å². The first-order valence-electron chi connectivity index (χ1n) is 14.2. The van der Waals surface area contributed by atoms with Crippen molar-refractivity contribution in [1.29, 1.82) is 5.26 Å². The highest BCUT2D eigenvalue weighted by atomic mass is 16.5. The van der Waals surface area contributed by atoms with Crippen molar-refractivity contribution in [2.45, 2.75) is 58.5 Å². The zero-order chi connectivity index (χ0) is 28.0. The summed E-state index contributed by atoms with van der Waals surface area (Å²) in [5, 5.41) is 27.3. The van der Waals surface area contributed by atoms with Gasteiger partial charge in [-0.3, -0.25) is 14.6 Å². The minimum Gasteiger partial charge on any atom is -0.466 e. The molecule has 0 radical (unpaired) electrons. The number of rotatable bonds is 16. The van der Waals surface area contributed by atoms with Gasteiger partial charge in [0.1, 0.15) is 0 Å². The number of nitriles is 1. The molecule has 2 aromatic rings. The van der Waals surface area contributed by atoms with Gasteiger partial charge in [0.05, 0.1) is 32.3 Å². The van der Waals surface area contributed by atoms with Crippen LogP contribution in [0.3, 0.4) is 0 Å². The number of carbonyl (C=O) groups is 1. The topological polar surface area (TPSA) is 97.0 Å². The first kappa shape index (κ1) is 30.8. The highest BCUT2D eigenvalue weighted by Crippen LogP contribution is 2.50. The van der Waals surface area contributed by atoms with Crippen LogP contribution in [0.4, 0.5) is 0 Å². The molecule has 0 amide bonds. The molecule has 0 unspecified atom stereocenters. The molecule has 2 fully saturated rings. The summed E-state index contributed by atoms with van der Waals surface area (Å²) in [6.07, 6.45) is 5.58. The molecule has 2 N–H and O–H groups in total. The first-order chi connectivity index (χ1) is 18.9. The monoisotopic (exact) mass is 535 g/mol. The normalized spacial score (nSPS) is 16.2. The summed E-state index contributed by atoms with van der Waals surface area (Å²) >= 11 is 0. The minimum atomic E-state index is -0.0985. The third kappa shape index (κ3) is 11.1. The number of aliphatic hydroxyl groups excluding tert-OH is 2. The largest absolute Gasteiger partial charge is 0.466 e. The van der Waals surface area contributed by atoms with Crippen molar-refractivity contribution < 1.29 is 19.7 Å². The van der Waals surface area contributed by atoms with Crippen molar-refractivity contribution in [2.75, 3.05) is 46.0 Å². The fraction of sp³-hybridized carbons (Fsp3) is 0.562. The number of hydrogen-bond acceptors (Lipinski definition) is 7. The molecule has 2 aliphatic carbocycles. The van der Waals surface area contributed by atoms with E-state index < -0.39 is 0 Å². The van der Waals surface area contributed by atoms with E-state index in [2.05, 4.69) is 40.1 Å². The van der Waals surface area contributed by atoms with E-state index >= 15 is 0 Å². The second kappa shape index (κ2) is 15.7. The summed E-state index contributed by atoms with van der Waals surface area (Å²) in [7, 11) is 0. The molecule has 0 bridgehead atoms. The predicted octanol–water partition coefficient (Wildman–Crippen LogP) is 4.39. The maximum Gasteiger partial charge on any atom is 0.306 e. The quantitative estimate of drug-likeness (QED) is 0.308. The maximum absolute atomic E-state index is 11.7. The average molecular weight is 536 g/mol. The number of hydrogen-bond donors (Lipinski definition) is 2. The molecular formula is C32H45N3O4. The van der Waals surface area contributed by atoms with Crippen molar-refractivity contribution in [3.05, 3.63) is 71.8 Å². The van der Waals surface area contributed by atoms with E-state index in [0.717, 1.165) is 51.9 Å². The van der Waals surface area contributed by atoms with Crippen molar-refractivity contribution in [2.24, 2.45) is 10.8 Å². The first-order valence-corrected chi connectivity index (χ1v) is 14.2. The Morgan fingerprint density at radius 1 is 0.846 bits per heavy atom. The number of ether oxygens (including phenoxy) is 1. The van der Waals surface area contributed by atoms with Gasteiger partial charge in [0, 0.05) is 45.7 Å². The number of carbonyl (C=O) groups excluding carboxylic acids is 1. The van der Waals surface area contributed by atoms with Gasteiger partial charge in [-0.15, -0.1) is 0 Å². The van der Waals surface area contributed by atoms with Crippen LogP contribution in [-0.4, -0.2) is 72.0 Å². The zero-order valence-electron chi connectivity index (χ0n) is 23.4. The Morgan fingerprint density at radius 2 is 1.31 bits per heavy atom. The summed E-state index contributed by atoms with van der Waals surface area (Å²) in [5.74, 6) is -0.0985. The fourth-order valence-corrected chi connectivity index (χ4v) is 5.16. The Balaban J connectivity index is 0.000000218. The van der Waals surface area contributed by atoms with E-state index in [9.17, 15) is 9.90 Å². The van der Waals surface area contributed by atoms with E-state index in [1.807, 2.05) is 43.3 Å². The predicted molar refractivity (Wildman–Crippen MR) is 152 cm³/mol. The van der Waals surface area contributed by atoms with E-state index in [0.29, 0.717) is 32.5 Å². The smallest absolute Gasteiger partial charge is 0.306 e. The molecule has 2 saturated carbocycles. The zero-order valence-corrected chi connectivity index (χ0v) is 23.4. The van der Waals surface area contributed by atoms with Gasteiger partial charge in [0.2, 0.25) is 0 Å². The molecule has 0 heterocycles. The van der Waals surface area contributed by atoms with Crippen LogP contribution in [0.15, 0.2) is 60.7 Å². The van der Waals surface area contributed by atoms with Gasteiger partial charge in [-0.1, -0.05) is 60.7 Å². The van der Waals surface area contributed by atoms with Gasteiger partial charge in [0.15, 0.2) is 0 Å². The van der Waals surface area contributed by atoms with Crippen LogP contribution >= 0.6 is 0 Å². The van der Waals surface area contributed by atoms with E-state index in [4.69, 9.17) is 15.1 Å². The molecule has 0 aromatic heterocycles. The number of esters is 1. The molecule has 0 saturated heterocycles. The van der Waals surface area contributed by atoms with Crippen molar-refractivity contribution >= 4 is 5.97 Å². The summed E-state index contributed by atoms with van der Waals surface area (Å²) in [6.45, 7) is 7.36. The maximum atomic E-state index is 11.7. The minimum absolute atomic E-state index is 0.0657. The molecule has 212 valence electrons. The molecule has 0 atom stereocenters. The molecule has 7 heteroatoms. The lowest BCUT2D eigenvalue weighted by Gasteiger charge is -2.26. The van der Waals surface area contributed by atoms with Crippen molar-refractivity contribution in [1.82, 2.24) is 9.80 Å². The van der Waals surface area contributed by atoms with Gasteiger partial charge in [-0.25, -0.2) is 0 Å². The summed E-state index contributed by atoms with van der Waals surface area (Å²) in [5.41, 5.74) is 2.77. The Morgan fingerprint density at radius 3 is 1.69 bits per heavy atom. The Labute approximate surface area is 234 Å².